The minimum Gasteiger partial charge on any atom is -0.372 e. The first-order valence-corrected chi connectivity index (χ1v) is 4.20. The molecule has 1 saturated heterocycles. The molecule has 0 spiro atoms. The number of rotatable bonds is 5. The minimum atomic E-state index is 0. The molecule has 0 N–H and O–H groups in total. The van der Waals surface area contributed by atoms with Crippen LogP contribution in [0.4, 0.5) is 0 Å². The van der Waals surface area contributed by atoms with Crippen molar-refractivity contribution in [3.63, 3.8) is 0 Å². The highest BCUT2D eigenvalue weighted by Crippen LogP contribution is 2.10. The summed E-state index contributed by atoms with van der Waals surface area (Å²) in [6.45, 7) is 8.93. The molecular weight excluding hydrogens is 162 g/mol. The molecule has 1 heterocycles. The molecule has 1 unspecified atom stereocenters. The van der Waals surface area contributed by atoms with E-state index in [1.807, 2.05) is 0 Å². The van der Waals surface area contributed by atoms with Crippen LogP contribution in [-0.2, 0) is 4.74 Å². The van der Waals surface area contributed by atoms with Crippen LogP contribution in [0.25, 0.3) is 0 Å². The lowest BCUT2D eigenvalue weighted by Gasteiger charge is -2.17. The van der Waals surface area contributed by atoms with E-state index in [1.165, 1.54) is 13.0 Å². The highest BCUT2D eigenvalue weighted by molar-refractivity contribution is 5.85. The number of halogens is 1. The molecule has 0 saturated carbocycles. The third-order valence-electron chi connectivity index (χ3n) is 1.85. The lowest BCUT2D eigenvalue weighted by molar-refractivity contribution is 0.252. The van der Waals surface area contributed by atoms with Crippen LogP contribution in [0.2, 0.25) is 0 Å². The van der Waals surface area contributed by atoms with E-state index in [0.717, 1.165) is 19.7 Å². The second-order valence-corrected chi connectivity index (χ2v) is 2.85. The smallest absolute Gasteiger partial charge is 0.0936 e. The highest BCUT2D eigenvalue weighted by Gasteiger charge is 2.24. The van der Waals surface area contributed by atoms with E-state index in [9.17, 15) is 0 Å². The summed E-state index contributed by atoms with van der Waals surface area (Å²) in [5, 5.41) is 0. The fourth-order valence-electron chi connectivity index (χ4n) is 1.16. The Kier molecular flexibility index (Phi) is 5.92. The molecule has 1 aliphatic heterocycles. The SMILES string of the molecule is CCCN(CC)CC1CO1.Cl. The van der Waals surface area contributed by atoms with Gasteiger partial charge in [0.05, 0.1) is 12.7 Å². The van der Waals surface area contributed by atoms with Crippen molar-refractivity contribution in [2.45, 2.75) is 26.4 Å². The fourth-order valence-corrected chi connectivity index (χ4v) is 1.16. The zero-order valence-corrected chi connectivity index (χ0v) is 8.19. The monoisotopic (exact) mass is 179 g/mol. The Bertz CT molecular complexity index is 96.1. The van der Waals surface area contributed by atoms with E-state index in [4.69, 9.17) is 4.74 Å². The molecule has 0 aromatic heterocycles. The summed E-state index contributed by atoms with van der Waals surface area (Å²) in [4.78, 5) is 2.44. The number of epoxide rings is 1. The van der Waals surface area contributed by atoms with Gasteiger partial charge < -0.3 is 9.64 Å². The Labute approximate surface area is 75.3 Å². The molecule has 0 aromatic rings. The van der Waals surface area contributed by atoms with Gasteiger partial charge in [-0.25, -0.2) is 0 Å². The summed E-state index contributed by atoms with van der Waals surface area (Å²) < 4.78 is 5.15. The van der Waals surface area contributed by atoms with E-state index in [1.54, 1.807) is 0 Å². The molecule has 3 heteroatoms. The minimum absolute atomic E-state index is 0. The number of hydrogen-bond acceptors (Lipinski definition) is 2. The second kappa shape index (κ2) is 5.81. The van der Waals surface area contributed by atoms with Gasteiger partial charge in [-0.1, -0.05) is 13.8 Å². The summed E-state index contributed by atoms with van der Waals surface area (Å²) >= 11 is 0. The standard InChI is InChI=1S/C8H17NO.ClH/c1-3-5-9(4-2)6-8-7-10-8;/h8H,3-7H2,1-2H3;1H. The third kappa shape index (κ3) is 4.62. The molecule has 0 aromatic carbocycles. The Morgan fingerprint density at radius 3 is 2.45 bits per heavy atom. The molecule has 1 atom stereocenters. The summed E-state index contributed by atoms with van der Waals surface area (Å²) in [7, 11) is 0. The average Bonchev–Trinajstić information content (AvgIpc) is 2.71. The Morgan fingerprint density at radius 1 is 1.45 bits per heavy atom. The van der Waals surface area contributed by atoms with Gasteiger partial charge in [0.15, 0.2) is 0 Å². The van der Waals surface area contributed by atoms with Crippen LogP contribution in [0, 0.1) is 0 Å². The fraction of sp³-hybridized carbons (Fsp3) is 1.00. The van der Waals surface area contributed by atoms with Gasteiger partial charge in [0.25, 0.3) is 0 Å². The molecule has 0 bridgehead atoms. The van der Waals surface area contributed by atoms with Crippen LogP contribution in [0.1, 0.15) is 20.3 Å². The quantitative estimate of drug-likeness (QED) is 0.596. The molecule has 2 nitrogen and oxygen atoms in total. The normalized spacial score (nSPS) is 21.5. The first kappa shape index (κ1) is 11.2. The van der Waals surface area contributed by atoms with Crippen molar-refractivity contribution in [1.82, 2.24) is 4.90 Å². The summed E-state index contributed by atoms with van der Waals surface area (Å²) in [5.41, 5.74) is 0. The van der Waals surface area contributed by atoms with E-state index >= 15 is 0 Å². The largest absolute Gasteiger partial charge is 0.372 e. The van der Waals surface area contributed by atoms with Crippen molar-refractivity contribution in [3.05, 3.63) is 0 Å². The first-order valence-electron chi connectivity index (χ1n) is 4.20. The predicted octanol–water partition coefficient (Wildman–Crippen LogP) is 1.54. The summed E-state index contributed by atoms with van der Waals surface area (Å²) in [6, 6.07) is 0. The van der Waals surface area contributed by atoms with Gasteiger partial charge in [-0.3, -0.25) is 0 Å². The number of nitrogens with zero attached hydrogens (tertiary/aromatic N) is 1. The van der Waals surface area contributed by atoms with Gasteiger partial charge in [0.1, 0.15) is 0 Å². The van der Waals surface area contributed by atoms with Crippen molar-refractivity contribution in [1.29, 1.82) is 0 Å². The van der Waals surface area contributed by atoms with Gasteiger partial charge >= 0.3 is 0 Å². The lowest BCUT2D eigenvalue weighted by atomic mass is 10.3. The maximum atomic E-state index is 5.15. The molecule has 11 heavy (non-hydrogen) atoms. The number of hydrogen-bond donors (Lipinski definition) is 0. The first-order chi connectivity index (χ1) is 4.86. The van der Waals surface area contributed by atoms with Crippen molar-refractivity contribution in [3.8, 4) is 0 Å². The number of likely N-dealkylation sites (N-methyl/N-ethyl adjacent to an activating group) is 1. The van der Waals surface area contributed by atoms with Gasteiger partial charge in [-0.2, -0.15) is 0 Å². The highest BCUT2D eigenvalue weighted by atomic mass is 35.5. The molecule has 0 radical (unpaired) electrons. The van der Waals surface area contributed by atoms with Crippen LogP contribution < -0.4 is 0 Å². The van der Waals surface area contributed by atoms with Crippen LogP contribution >= 0.6 is 12.4 Å². The lowest BCUT2D eigenvalue weighted by Crippen LogP contribution is -2.28. The molecule has 1 fully saturated rings. The van der Waals surface area contributed by atoms with Crippen LogP contribution in [0.3, 0.4) is 0 Å². The molecular formula is C8H18ClNO. The van der Waals surface area contributed by atoms with Crippen LogP contribution in [0.15, 0.2) is 0 Å². The van der Waals surface area contributed by atoms with Gasteiger partial charge in [0.2, 0.25) is 0 Å². The maximum Gasteiger partial charge on any atom is 0.0936 e. The van der Waals surface area contributed by atoms with Crippen molar-refractivity contribution in [2.24, 2.45) is 0 Å². The van der Waals surface area contributed by atoms with E-state index in [0.29, 0.717) is 6.10 Å². The molecule has 1 aliphatic rings. The molecule has 1 rings (SSSR count). The van der Waals surface area contributed by atoms with Crippen molar-refractivity contribution in [2.75, 3.05) is 26.2 Å². The second-order valence-electron chi connectivity index (χ2n) is 2.85. The summed E-state index contributed by atoms with van der Waals surface area (Å²) in [5.74, 6) is 0. The zero-order chi connectivity index (χ0) is 7.40. The average molecular weight is 180 g/mol. The Hall–Kier alpha value is 0.210. The number of ether oxygens (including phenoxy) is 1. The molecule has 0 aliphatic carbocycles. The Balaban J connectivity index is 0.000001000. The topological polar surface area (TPSA) is 15.8 Å². The molecule has 0 amide bonds. The van der Waals surface area contributed by atoms with Gasteiger partial charge in [-0.05, 0) is 19.5 Å². The predicted molar refractivity (Wildman–Crippen MR) is 49.4 cm³/mol. The molecule has 68 valence electrons. The summed E-state index contributed by atoms with van der Waals surface area (Å²) in [6.07, 6.45) is 1.81. The van der Waals surface area contributed by atoms with Crippen LogP contribution in [-0.4, -0.2) is 37.2 Å². The third-order valence-corrected chi connectivity index (χ3v) is 1.85. The van der Waals surface area contributed by atoms with E-state index in [-0.39, 0.29) is 12.4 Å². The van der Waals surface area contributed by atoms with E-state index < -0.39 is 0 Å². The Morgan fingerprint density at radius 2 is 2.09 bits per heavy atom. The van der Waals surface area contributed by atoms with E-state index in [2.05, 4.69) is 18.7 Å². The van der Waals surface area contributed by atoms with Gasteiger partial charge in [-0.15, -0.1) is 12.4 Å². The van der Waals surface area contributed by atoms with Crippen LogP contribution in [0.5, 0.6) is 0 Å². The maximum absolute atomic E-state index is 5.15. The zero-order valence-electron chi connectivity index (χ0n) is 7.38. The van der Waals surface area contributed by atoms with Gasteiger partial charge in [0, 0.05) is 6.54 Å². The van der Waals surface area contributed by atoms with Crippen molar-refractivity contribution >= 4 is 12.4 Å². The van der Waals surface area contributed by atoms with Crippen molar-refractivity contribution < 1.29 is 4.74 Å².